The van der Waals surface area contributed by atoms with Crippen molar-refractivity contribution in [3.8, 4) is 0 Å². The van der Waals surface area contributed by atoms with E-state index in [-0.39, 0.29) is 0 Å². The molecule has 0 radical (unpaired) electrons. The smallest absolute Gasteiger partial charge is 0.211 e. The minimum absolute atomic E-state index is 0.505. The van der Waals surface area contributed by atoms with Gasteiger partial charge in [0.05, 0.1) is 17.6 Å². The van der Waals surface area contributed by atoms with Crippen LogP contribution in [0.25, 0.3) is 0 Å². The summed E-state index contributed by atoms with van der Waals surface area (Å²) >= 11 is 3.42. The highest BCUT2D eigenvalue weighted by molar-refractivity contribution is 9.10. The number of benzene rings is 1. The van der Waals surface area contributed by atoms with Crippen LogP contribution >= 0.6 is 15.9 Å². The first-order valence-corrected chi connectivity index (χ1v) is 8.27. The second kappa shape index (κ2) is 5.07. The van der Waals surface area contributed by atoms with Gasteiger partial charge >= 0.3 is 0 Å². The van der Waals surface area contributed by atoms with Gasteiger partial charge in [0.25, 0.3) is 0 Å². The summed E-state index contributed by atoms with van der Waals surface area (Å²) in [4.78, 5) is 2.11. The van der Waals surface area contributed by atoms with Gasteiger partial charge in [0.2, 0.25) is 10.0 Å². The summed E-state index contributed by atoms with van der Waals surface area (Å²) in [6, 6.07) is 5.71. The summed E-state index contributed by atoms with van der Waals surface area (Å²) in [6.45, 7) is 2.33. The van der Waals surface area contributed by atoms with Gasteiger partial charge < -0.3 is 10.6 Å². The molecule has 1 heterocycles. The van der Waals surface area contributed by atoms with Gasteiger partial charge in [-0.3, -0.25) is 0 Å². The molecule has 1 saturated heterocycles. The van der Waals surface area contributed by atoms with Crippen molar-refractivity contribution >= 4 is 37.3 Å². The minimum Gasteiger partial charge on any atom is -0.397 e. The van der Waals surface area contributed by atoms with E-state index < -0.39 is 10.0 Å². The number of sulfonamides is 1. The fraction of sp³-hybridized carbons (Fsp3) is 0.455. The average molecular weight is 334 g/mol. The van der Waals surface area contributed by atoms with E-state index >= 15 is 0 Å². The number of hydrogen-bond donors (Lipinski definition) is 1. The van der Waals surface area contributed by atoms with Gasteiger partial charge in [-0.2, -0.15) is 4.31 Å². The Morgan fingerprint density at radius 1 is 1.22 bits per heavy atom. The van der Waals surface area contributed by atoms with Crippen LogP contribution in [0.5, 0.6) is 0 Å². The van der Waals surface area contributed by atoms with Crippen LogP contribution in [0.1, 0.15) is 0 Å². The number of anilines is 2. The van der Waals surface area contributed by atoms with Crippen LogP contribution in [0.3, 0.4) is 0 Å². The molecule has 0 unspecified atom stereocenters. The SMILES string of the molecule is CS(=O)(=O)N1CCN(c2cc(Br)ccc2N)CC1. The first-order valence-electron chi connectivity index (χ1n) is 5.63. The van der Waals surface area contributed by atoms with E-state index in [1.807, 2.05) is 18.2 Å². The Morgan fingerprint density at radius 3 is 2.39 bits per heavy atom. The van der Waals surface area contributed by atoms with E-state index in [2.05, 4.69) is 20.8 Å². The molecule has 1 aliphatic heterocycles. The number of nitrogen functional groups attached to an aromatic ring is 1. The second-order valence-corrected chi connectivity index (χ2v) is 7.25. The predicted octanol–water partition coefficient (Wildman–Crippen LogP) is 1.11. The number of halogens is 1. The number of rotatable bonds is 2. The van der Waals surface area contributed by atoms with Crippen LogP contribution in [-0.2, 0) is 10.0 Å². The highest BCUT2D eigenvalue weighted by Gasteiger charge is 2.24. The van der Waals surface area contributed by atoms with Crippen LogP contribution in [0, 0.1) is 0 Å². The van der Waals surface area contributed by atoms with Crippen molar-refractivity contribution in [3.63, 3.8) is 0 Å². The molecule has 0 spiro atoms. The zero-order chi connectivity index (χ0) is 13.3. The molecule has 5 nitrogen and oxygen atoms in total. The molecule has 1 fully saturated rings. The van der Waals surface area contributed by atoms with Crippen molar-refractivity contribution in [2.45, 2.75) is 0 Å². The lowest BCUT2D eigenvalue weighted by Gasteiger charge is -2.35. The number of nitrogens with zero attached hydrogens (tertiary/aromatic N) is 2. The lowest BCUT2D eigenvalue weighted by Crippen LogP contribution is -2.48. The molecule has 2 N–H and O–H groups in total. The molecule has 0 aliphatic carbocycles. The Hall–Kier alpha value is -0.790. The molecule has 1 aliphatic rings. The lowest BCUT2D eigenvalue weighted by atomic mass is 10.2. The van der Waals surface area contributed by atoms with Gasteiger partial charge in [0.15, 0.2) is 0 Å². The summed E-state index contributed by atoms with van der Waals surface area (Å²) in [7, 11) is -3.08. The van der Waals surface area contributed by atoms with Crippen LogP contribution in [-0.4, -0.2) is 45.2 Å². The monoisotopic (exact) mass is 333 g/mol. The molecule has 18 heavy (non-hydrogen) atoms. The Balaban J connectivity index is 2.12. The Kier molecular flexibility index (Phi) is 3.84. The highest BCUT2D eigenvalue weighted by Crippen LogP contribution is 2.28. The van der Waals surface area contributed by atoms with Crippen LogP contribution in [0.4, 0.5) is 11.4 Å². The maximum atomic E-state index is 11.4. The lowest BCUT2D eigenvalue weighted by molar-refractivity contribution is 0.388. The molecule has 0 aromatic heterocycles. The normalized spacial score (nSPS) is 18.0. The molecule has 1 aromatic carbocycles. The van der Waals surface area contributed by atoms with E-state index in [0.717, 1.165) is 10.2 Å². The Morgan fingerprint density at radius 2 is 1.83 bits per heavy atom. The molecule has 7 heteroatoms. The van der Waals surface area contributed by atoms with Gasteiger partial charge in [0.1, 0.15) is 0 Å². The first-order chi connectivity index (χ1) is 8.38. The summed E-state index contributed by atoms with van der Waals surface area (Å²) < 4.78 is 25.3. The van der Waals surface area contributed by atoms with E-state index in [0.29, 0.717) is 31.9 Å². The van der Waals surface area contributed by atoms with Crippen molar-refractivity contribution in [1.82, 2.24) is 4.31 Å². The van der Waals surface area contributed by atoms with Crippen molar-refractivity contribution in [1.29, 1.82) is 0 Å². The van der Waals surface area contributed by atoms with Crippen molar-refractivity contribution in [2.75, 3.05) is 43.1 Å². The van der Waals surface area contributed by atoms with E-state index in [1.165, 1.54) is 10.6 Å². The minimum atomic E-state index is -3.08. The standard InChI is InChI=1S/C11H16BrN3O2S/c1-18(16,17)15-6-4-14(5-7-15)11-8-9(12)2-3-10(11)13/h2-3,8H,4-7,13H2,1H3. The second-order valence-electron chi connectivity index (χ2n) is 4.35. The molecule has 0 saturated carbocycles. The average Bonchev–Trinajstić information content (AvgIpc) is 2.31. The van der Waals surface area contributed by atoms with Crippen molar-refractivity contribution < 1.29 is 8.42 Å². The van der Waals surface area contributed by atoms with Crippen LogP contribution in [0.15, 0.2) is 22.7 Å². The molecule has 0 bridgehead atoms. The maximum absolute atomic E-state index is 11.4. The van der Waals surface area contributed by atoms with Gasteiger partial charge in [-0.25, -0.2) is 8.42 Å². The molecule has 1 aromatic rings. The third-order valence-electron chi connectivity index (χ3n) is 3.04. The fourth-order valence-corrected chi connectivity index (χ4v) is 3.23. The molecule has 2 rings (SSSR count). The molecule has 0 amide bonds. The zero-order valence-electron chi connectivity index (χ0n) is 10.1. The van der Waals surface area contributed by atoms with E-state index in [9.17, 15) is 8.42 Å². The van der Waals surface area contributed by atoms with Gasteiger partial charge in [-0.15, -0.1) is 0 Å². The van der Waals surface area contributed by atoms with Gasteiger partial charge in [0, 0.05) is 30.7 Å². The quantitative estimate of drug-likeness (QED) is 0.823. The van der Waals surface area contributed by atoms with E-state index in [1.54, 1.807) is 0 Å². The topological polar surface area (TPSA) is 66.6 Å². The number of hydrogen-bond acceptors (Lipinski definition) is 4. The predicted molar refractivity (Wildman–Crippen MR) is 77.2 cm³/mol. The van der Waals surface area contributed by atoms with Gasteiger partial charge in [-0.05, 0) is 18.2 Å². The summed E-state index contributed by atoms with van der Waals surface area (Å²) in [6.07, 6.45) is 1.25. The maximum Gasteiger partial charge on any atom is 0.211 e. The van der Waals surface area contributed by atoms with Crippen molar-refractivity contribution in [3.05, 3.63) is 22.7 Å². The Labute approximate surface area is 116 Å². The van der Waals surface area contributed by atoms with Gasteiger partial charge in [-0.1, -0.05) is 15.9 Å². The van der Waals surface area contributed by atoms with Crippen LogP contribution in [0.2, 0.25) is 0 Å². The highest BCUT2D eigenvalue weighted by atomic mass is 79.9. The van der Waals surface area contributed by atoms with Crippen molar-refractivity contribution in [2.24, 2.45) is 0 Å². The third kappa shape index (κ3) is 2.96. The Bertz CT molecular complexity index is 539. The number of nitrogens with two attached hydrogens (primary N) is 1. The number of piperazine rings is 1. The zero-order valence-corrected chi connectivity index (χ0v) is 12.5. The third-order valence-corrected chi connectivity index (χ3v) is 4.84. The summed E-state index contributed by atoms with van der Waals surface area (Å²) in [5, 5.41) is 0. The summed E-state index contributed by atoms with van der Waals surface area (Å²) in [5.41, 5.74) is 7.62. The first kappa shape index (κ1) is 13.6. The fourth-order valence-electron chi connectivity index (χ4n) is 2.05. The molecular formula is C11H16BrN3O2S. The molecule has 100 valence electrons. The molecule has 0 atom stereocenters. The summed E-state index contributed by atoms with van der Waals surface area (Å²) in [5.74, 6) is 0. The molecular weight excluding hydrogens is 318 g/mol. The van der Waals surface area contributed by atoms with Crippen LogP contribution < -0.4 is 10.6 Å². The largest absolute Gasteiger partial charge is 0.397 e. The van der Waals surface area contributed by atoms with E-state index in [4.69, 9.17) is 5.73 Å².